The van der Waals surface area contributed by atoms with Gasteiger partial charge >= 0.3 is 0 Å². The Hall–Kier alpha value is -1.40. The van der Waals surface area contributed by atoms with E-state index >= 15 is 0 Å². The highest BCUT2D eigenvalue weighted by Gasteiger charge is 2.20. The van der Waals surface area contributed by atoms with Gasteiger partial charge in [0.1, 0.15) is 0 Å². The smallest absolute Gasteiger partial charge is 0.254 e. The molecule has 1 aromatic rings. The van der Waals surface area contributed by atoms with Crippen molar-refractivity contribution in [2.24, 2.45) is 5.73 Å². The molecule has 0 radical (unpaired) electrons. The number of carbonyl (C=O) groups is 1. The molecule has 0 unspecified atom stereocenters. The Kier molecular flexibility index (Phi) is 4.65. The van der Waals surface area contributed by atoms with Crippen LogP contribution in [-0.2, 0) is 13.0 Å². The number of fused-ring (bicyclic) bond motifs is 1. The first-order valence-electron chi connectivity index (χ1n) is 5.07. The molecule has 0 atom stereocenters. The molecule has 94 valence electrons. The van der Waals surface area contributed by atoms with Crippen LogP contribution in [0.1, 0.15) is 16.1 Å². The number of hydrogen-bond acceptors (Lipinski definition) is 3. The lowest BCUT2D eigenvalue weighted by Crippen LogP contribution is -2.31. The Morgan fingerprint density at radius 1 is 1.71 bits per heavy atom. The van der Waals surface area contributed by atoms with Gasteiger partial charge in [0.2, 0.25) is 0 Å². The highest BCUT2D eigenvalue weighted by molar-refractivity contribution is 5.96. The minimum absolute atomic E-state index is 0. The Bertz CT molecular complexity index is 444. The van der Waals surface area contributed by atoms with E-state index in [-0.39, 0.29) is 31.4 Å². The summed E-state index contributed by atoms with van der Waals surface area (Å²) >= 11 is 0. The number of amides is 1. The summed E-state index contributed by atoms with van der Waals surface area (Å²) in [6.07, 6.45) is 2.83. The summed E-state index contributed by atoms with van der Waals surface area (Å²) < 4.78 is 13.9. The van der Waals surface area contributed by atoms with Gasteiger partial charge in [-0.15, -0.1) is 12.4 Å². The molecule has 2 rings (SSSR count). The highest BCUT2D eigenvalue weighted by atomic mass is 35.5. The van der Waals surface area contributed by atoms with E-state index < -0.39 is 0 Å². The molecular formula is C10H14ClFN4O. The predicted octanol–water partition coefficient (Wildman–Crippen LogP) is 0.403. The Labute approximate surface area is 104 Å². The van der Waals surface area contributed by atoms with E-state index in [4.69, 9.17) is 5.73 Å². The molecule has 5 nitrogen and oxygen atoms in total. The third-order valence-corrected chi connectivity index (χ3v) is 2.51. The lowest BCUT2D eigenvalue weighted by atomic mass is 10.1. The van der Waals surface area contributed by atoms with Gasteiger partial charge in [-0.1, -0.05) is 0 Å². The van der Waals surface area contributed by atoms with Gasteiger partial charge in [0, 0.05) is 25.7 Å². The Morgan fingerprint density at radius 3 is 3.06 bits per heavy atom. The van der Waals surface area contributed by atoms with Crippen LogP contribution in [0.5, 0.6) is 0 Å². The summed E-state index contributed by atoms with van der Waals surface area (Å²) in [5.41, 5.74) is 7.13. The number of carbonyl (C=O) groups excluding carboxylic acids is 1. The molecule has 0 aromatic carbocycles. The molecule has 2 heterocycles. The number of nitrogens with zero attached hydrogens (tertiary/aromatic N) is 2. The second kappa shape index (κ2) is 5.79. The van der Waals surface area contributed by atoms with Gasteiger partial charge in [0.25, 0.3) is 5.91 Å². The van der Waals surface area contributed by atoms with Crippen molar-refractivity contribution in [3.8, 4) is 0 Å². The molecule has 1 amide bonds. The third kappa shape index (κ3) is 2.83. The van der Waals surface area contributed by atoms with Crippen molar-refractivity contribution in [1.82, 2.24) is 15.1 Å². The van der Waals surface area contributed by atoms with E-state index in [1.807, 2.05) is 0 Å². The monoisotopic (exact) mass is 260 g/mol. The molecule has 1 aromatic heterocycles. The summed E-state index contributed by atoms with van der Waals surface area (Å²) in [6.45, 7) is 1.03. The highest BCUT2D eigenvalue weighted by Crippen LogP contribution is 2.12. The quantitative estimate of drug-likeness (QED) is 0.826. The topological polar surface area (TPSA) is 72.9 Å². The van der Waals surface area contributed by atoms with Gasteiger partial charge in [-0.05, 0) is 5.57 Å². The van der Waals surface area contributed by atoms with E-state index in [0.29, 0.717) is 30.4 Å². The number of aromatic nitrogens is 2. The largest absolute Gasteiger partial charge is 0.352 e. The number of rotatable bonds is 3. The maximum atomic E-state index is 12.3. The van der Waals surface area contributed by atoms with Gasteiger partial charge in [-0.3, -0.25) is 9.48 Å². The molecule has 1 aliphatic rings. The van der Waals surface area contributed by atoms with Crippen LogP contribution in [-0.4, -0.2) is 28.8 Å². The maximum Gasteiger partial charge on any atom is 0.254 e. The van der Waals surface area contributed by atoms with Crippen molar-refractivity contribution >= 4 is 18.3 Å². The number of nitrogens with two attached hydrogens (primary N) is 1. The van der Waals surface area contributed by atoms with E-state index in [2.05, 4.69) is 10.4 Å². The second-order valence-corrected chi connectivity index (χ2v) is 3.66. The van der Waals surface area contributed by atoms with Gasteiger partial charge in [0.15, 0.2) is 0 Å². The molecule has 0 saturated carbocycles. The maximum absolute atomic E-state index is 12.3. The number of hydrogen-bond donors (Lipinski definition) is 2. The van der Waals surface area contributed by atoms with Crippen molar-refractivity contribution < 1.29 is 9.18 Å². The zero-order chi connectivity index (χ0) is 11.5. The zero-order valence-corrected chi connectivity index (χ0v) is 9.97. The Balaban J connectivity index is 0.00000144. The molecular weight excluding hydrogens is 247 g/mol. The Morgan fingerprint density at radius 2 is 2.47 bits per heavy atom. The first-order valence-corrected chi connectivity index (χ1v) is 5.07. The lowest BCUT2D eigenvalue weighted by Gasteiger charge is -2.09. The van der Waals surface area contributed by atoms with Crippen LogP contribution in [0, 0.1) is 0 Å². The van der Waals surface area contributed by atoms with Crippen molar-refractivity contribution in [1.29, 1.82) is 0 Å². The fourth-order valence-electron chi connectivity index (χ4n) is 1.66. The molecule has 0 aliphatic carbocycles. The summed E-state index contributed by atoms with van der Waals surface area (Å²) in [5, 5.41) is 6.96. The van der Waals surface area contributed by atoms with Crippen molar-refractivity contribution in [3.63, 3.8) is 0 Å². The molecule has 0 bridgehead atoms. The fraction of sp³-hybridized carbons (Fsp3) is 0.400. The standard InChI is InChI=1S/C10H13FN4O.ClH/c11-3-7(4-12)5-15-6-8-9(14-15)1-2-13-10(8)16;/h3,6H,1-2,4-5,12H2,(H,13,16);1H/b7-3+;. The summed E-state index contributed by atoms with van der Waals surface area (Å²) in [7, 11) is 0. The first kappa shape index (κ1) is 13.7. The van der Waals surface area contributed by atoms with Gasteiger partial charge in [0.05, 0.1) is 24.1 Å². The number of nitrogens with one attached hydrogen (secondary N) is 1. The summed E-state index contributed by atoms with van der Waals surface area (Å²) in [6, 6.07) is 0. The van der Waals surface area contributed by atoms with Crippen LogP contribution < -0.4 is 11.1 Å². The minimum atomic E-state index is -0.119. The van der Waals surface area contributed by atoms with E-state index in [1.54, 1.807) is 10.9 Å². The third-order valence-electron chi connectivity index (χ3n) is 2.51. The van der Waals surface area contributed by atoms with E-state index in [9.17, 15) is 9.18 Å². The van der Waals surface area contributed by atoms with Gasteiger partial charge in [-0.25, -0.2) is 4.39 Å². The van der Waals surface area contributed by atoms with Crippen LogP contribution in [0.15, 0.2) is 18.1 Å². The van der Waals surface area contributed by atoms with Crippen molar-refractivity contribution in [2.75, 3.05) is 13.1 Å². The molecule has 0 spiro atoms. The second-order valence-electron chi connectivity index (χ2n) is 3.66. The van der Waals surface area contributed by atoms with Gasteiger partial charge < -0.3 is 11.1 Å². The first-order chi connectivity index (χ1) is 7.74. The summed E-state index contributed by atoms with van der Waals surface area (Å²) in [5.74, 6) is -0.119. The lowest BCUT2D eigenvalue weighted by molar-refractivity contribution is 0.0946. The van der Waals surface area contributed by atoms with E-state index in [0.717, 1.165) is 5.69 Å². The number of halogens is 2. The van der Waals surface area contributed by atoms with Crippen LogP contribution >= 0.6 is 12.4 Å². The SMILES string of the molecule is Cl.NC/C(=C\F)Cn1cc2c(n1)CCNC2=O. The van der Waals surface area contributed by atoms with Crippen molar-refractivity contribution in [2.45, 2.75) is 13.0 Å². The molecule has 17 heavy (non-hydrogen) atoms. The molecule has 0 fully saturated rings. The molecule has 3 N–H and O–H groups in total. The fourth-order valence-corrected chi connectivity index (χ4v) is 1.66. The molecule has 1 aliphatic heterocycles. The van der Waals surface area contributed by atoms with E-state index in [1.165, 1.54) is 0 Å². The van der Waals surface area contributed by atoms with Gasteiger partial charge in [-0.2, -0.15) is 5.10 Å². The predicted molar refractivity (Wildman–Crippen MR) is 63.8 cm³/mol. The van der Waals surface area contributed by atoms with Crippen LogP contribution in [0.25, 0.3) is 0 Å². The average molecular weight is 261 g/mol. The zero-order valence-electron chi connectivity index (χ0n) is 9.15. The normalized spacial score (nSPS) is 14.9. The molecule has 7 heteroatoms. The summed E-state index contributed by atoms with van der Waals surface area (Å²) in [4.78, 5) is 11.4. The van der Waals surface area contributed by atoms with Crippen LogP contribution in [0.4, 0.5) is 4.39 Å². The van der Waals surface area contributed by atoms with Crippen LogP contribution in [0.3, 0.4) is 0 Å². The molecule has 0 saturated heterocycles. The average Bonchev–Trinajstić information content (AvgIpc) is 2.70. The minimum Gasteiger partial charge on any atom is -0.352 e. The van der Waals surface area contributed by atoms with Crippen molar-refractivity contribution in [3.05, 3.63) is 29.4 Å². The van der Waals surface area contributed by atoms with Crippen LogP contribution in [0.2, 0.25) is 0 Å².